The third-order valence-corrected chi connectivity index (χ3v) is 4.84. The van der Waals surface area contributed by atoms with Crippen molar-refractivity contribution < 1.29 is 9.72 Å². The Kier molecular flexibility index (Phi) is 4.40. The first-order valence-corrected chi connectivity index (χ1v) is 8.55. The lowest BCUT2D eigenvalue weighted by Gasteiger charge is -2.43. The zero-order valence-corrected chi connectivity index (χ0v) is 15.4. The summed E-state index contributed by atoms with van der Waals surface area (Å²) in [5.74, 6) is -0.0617. The van der Waals surface area contributed by atoms with Crippen molar-refractivity contribution in [3.8, 4) is 0 Å². The molecule has 0 aliphatic carbocycles. The lowest BCUT2D eigenvalue weighted by molar-refractivity contribution is -0.384. The van der Waals surface area contributed by atoms with Gasteiger partial charge in [0.2, 0.25) is 0 Å². The molecule has 0 saturated heterocycles. The second kappa shape index (κ2) is 6.41. The van der Waals surface area contributed by atoms with E-state index in [4.69, 9.17) is 0 Å². The third kappa shape index (κ3) is 3.25. The molecule has 0 bridgehead atoms. The maximum atomic E-state index is 12.8. The Morgan fingerprint density at radius 2 is 1.77 bits per heavy atom. The second-order valence-corrected chi connectivity index (χ2v) is 7.31. The summed E-state index contributed by atoms with van der Waals surface area (Å²) in [4.78, 5) is 25.3. The summed E-state index contributed by atoms with van der Waals surface area (Å²) in [6, 6.07) is 12.1. The number of aryl methyl sites for hydroxylation is 1. The van der Waals surface area contributed by atoms with Crippen molar-refractivity contribution in [2.45, 2.75) is 33.2 Å². The smallest absolute Gasteiger partial charge is 0.269 e. The van der Waals surface area contributed by atoms with Crippen molar-refractivity contribution in [2.24, 2.45) is 0 Å². The van der Waals surface area contributed by atoms with Gasteiger partial charge in [-0.3, -0.25) is 14.9 Å². The SMILES string of the molecule is CC1=CC(C)(C)N(CC(=O)c2ccc([N+](=O)[O-])cc2)c2cc(C)ccc21. The van der Waals surface area contributed by atoms with Crippen molar-refractivity contribution in [2.75, 3.05) is 11.4 Å². The zero-order chi connectivity index (χ0) is 19.1. The van der Waals surface area contributed by atoms with E-state index < -0.39 is 4.92 Å². The van der Waals surface area contributed by atoms with Crippen LogP contribution in [0.5, 0.6) is 0 Å². The molecule has 0 radical (unpaired) electrons. The van der Waals surface area contributed by atoms with Gasteiger partial charge in [-0.1, -0.05) is 18.2 Å². The van der Waals surface area contributed by atoms with Crippen LogP contribution in [-0.2, 0) is 0 Å². The molecule has 0 spiro atoms. The highest BCUT2D eigenvalue weighted by Crippen LogP contribution is 2.39. The lowest BCUT2D eigenvalue weighted by atomic mass is 9.87. The number of Topliss-reactive ketones (excluding diaryl/α,β-unsaturated/α-hetero) is 1. The highest BCUT2D eigenvalue weighted by atomic mass is 16.6. The van der Waals surface area contributed by atoms with E-state index >= 15 is 0 Å². The molecule has 0 atom stereocenters. The summed E-state index contributed by atoms with van der Waals surface area (Å²) in [6.07, 6.45) is 2.17. The van der Waals surface area contributed by atoms with Crippen LogP contribution >= 0.6 is 0 Å². The number of carbonyl (C=O) groups is 1. The van der Waals surface area contributed by atoms with Gasteiger partial charge in [-0.05, 0) is 57.0 Å². The molecule has 0 amide bonds. The normalized spacial score (nSPS) is 15.2. The topological polar surface area (TPSA) is 63.5 Å². The van der Waals surface area contributed by atoms with E-state index in [0.29, 0.717) is 5.56 Å². The summed E-state index contributed by atoms with van der Waals surface area (Å²) >= 11 is 0. The fourth-order valence-corrected chi connectivity index (χ4v) is 3.49. The van der Waals surface area contributed by atoms with Gasteiger partial charge in [-0.25, -0.2) is 0 Å². The number of hydrogen-bond acceptors (Lipinski definition) is 4. The molecule has 0 aromatic heterocycles. The largest absolute Gasteiger partial charge is 0.355 e. The van der Waals surface area contributed by atoms with Crippen LogP contribution in [0.1, 0.15) is 42.3 Å². The van der Waals surface area contributed by atoms with Crippen LogP contribution < -0.4 is 4.90 Å². The lowest BCUT2D eigenvalue weighted by Crippen LogP contribution is -2.47. The molecule has 26 heavy (non-hydrogen) atoms. The molecule has 0 unspecified atom stereocenters. The van der Waals surface area contributed by atoms with E-state index in [1.54, 1.807) is 0 Å². The van der Waals surface area contributed by atoms with E-state index in [0.717, 1.165) is 16.8 Å². The van der Waals surface area contributed by atoms with Gasteiger partial charge in [0.1, 0.15) is 0 Å². The minimum atomic E-state index is -0.464. The van der Waals surface area contributed by atoms with Gasteiger partial charge in [-0.2, -0.15) is 0 Å². The molecule has 134 valence electrons. The Balaban J connectivity index is 1.94. The van der Waals surface area contributed by atoms with Crippen molar-refractivity contribution in [1.82, 2.24) is 0 Å². The van der Waals surface area contributed by atoms with E-state index in [9.17, 15) is 14.9 Å². The van der Waals surface area contributed by atoms with Crippen molar-refractivity contribution in [3.05, 3.63) is 75.3 Å². The quantitative estimate of drug-likeness (QED) is 0.452. The second-order valence-electron chi connectivity index (χ2n) is 7.31. The molecule has 1 aliphatic rings. The van der Waals surface area contributed by atoms with Gasteiger partial charge in [0, 0.05) is 28.9 Å². The monoisotopic (exact) mass is 350 g/mol. The van der Waals surface area contributed by atoms with Crippen molar-refractivity contribution in [3.63, 3.8) is 0 Å². The van der Waals surface area contributed by atoms with Crippen LogP contribution in [0.2, 0.25) is 0 Å². The van der Waals surface area contributed by atoms with Crippen molar-refractivity contribution >= 4 is 22.7 Å². The Morgan fingerprint density at radius 3 is 2.38 bits per heavy atom. The number of anilines is 1. The molecule has 3 rings (SSSR count). The number of non-ortho nitro benzene ring substituents is 1. The van der Waals surface area contributed by atoms with Crippen LogP contribution in [0.15, 0.2) is 48.5 Å². The predicted octanol–water partition coefficient (Wildman–Crippen LogP) is 4.79. The molecular formula is C21H22N2O3. The molecule has 5 heteroatoms. The van der Waals surface area contributed by atoms with Gasteiger partial charge in [0.15, 0.2) is 5.78 Å². The average Bonchev–Trinajstić information content (AvgIpc) is 2.57. The molecule has 1 heterocycles. The van der Waals surface area contributed by atoms with Crippen LogP contribution in [0, 0.1) is 17.0 Å². The molecule has 1 aliphatic heterocycles. The van der Waals surface area contributed by atoms with Gasteiger partial charge in [0.05, 0.1) is 17.0 Å². The molecule has 0 saturated carbocycles. The van der Waals surface area contributed by atoms with Gasteiger partial charge >= 0.3 is 0 Å². The molecule has 2 aromatic carbocycles. The molecular weight excluding hydrogens is 328 g/mol. The van der Waals surface area contributed by atoms with Gasteiger partial charge in [0.25, 0.3) is 5.69 Å². The Labute approximate surface area is 153 Å². The summed E-state index contributed by atoms with van der Waals surface area (Å²) in [7, 11) is 0. The highest BCUT2D eigenvalue weighted by molar-refractivity contribution is 6.00. The number of nitro groups is 1. The molecule has 2 aromatic rings. The van der Waals surface area contributed by atoms with Crippen LogP contribution in [0.3, 0.4) is 0 Å². The van der Waals surface area contributed by atoms with Crippen LogP contribution in [0.4, 0.5) is 11.4 Å². The number of nitro benzene ring substituents is 1. The number of ketones is 1. The van der Waals surface area contributed by atoms with Gasteiger partial charge in [-0.15, -0.1) is 0 Å². The number of allylic oxidation sites excluding steroid dienone is 1. The summed E-state index contributed by atoms with van der Waals surface area (Å²) in [5, 5.41) is 10.8. The van der Waals surface area contributed by atoms with E-state index in [-0.39, 0.29) is 23.6 Å². The summed E-state index contributed by atoms with van der Waals surface area (Å²) in [5.41, 5.74) is 4.68. The van der Waals surface area contributed by atoms with E-state index in [2.05, 4.69) is 49.9 Å². The average molecular weight is 350 g/mol. The third-order valence-electron chi connectivity index (χ3n) is 4.84. The Morgan fingerprint density at radius 1 is 1.12 bits per heavy atom. The maximum absolute atomic E-state index is 12.8. The fraction of sp³-hybridized carbons (Fsp3) is 0.286. The zero-order valence-electron chi connectivity index (χ0n) is 15.4. The number of carbonyl (C=O) groups excluding carboxylic acids is 1. The molecule has 0 N–H and O–H groups in total. The molecule has 0 fully saturated rings. The first-order valence-electron chi connectivity index (χ1n) is 8.55. The van der Waals surface area contributed by atoms with Gasteiger partial charge < -0.3 is 4.90 Å². The standard InChI is InChI=1S/C21H22N2O3/c1-14-5-10-18-15(2)12-21(3,4)22(19(18)11-14)13-20(24)16-6-8-17(9-7-16)23(25)26/h5-12H,13H2,1-4H3. The first kappa shape index (κ1) is 17.9. The number of nitrogens with zero attached hydrogens (tertiary/aromatic N) is 2. The van der Waals surface area contributed by atoms with Crippen LogP contribution in [-0.4, -0.2) is 22.8 Å². The Hall–Kier alpha value is -2.95. The van der Waals surface area contributed by atoms with Crippen molar-refractivity contribution in [1.29, 1.82) is 0 Å². The highest BCUT2D eigenvalue weighted by Gasteiger charge is 2.32. The van der Waals surface area contributed by atoms with E-state index in [1.807, 2.05) is 6.92 Å². The van der Waals surface area contributed by atoms with E-state index in [1.165, 1.54) is 29.8 Å². The number of fused-ring (bicyclic) bond motifs is 1. The fourth-order valence-electron chi connectivity index (χ4n) is 3.49. The number of rotatable bonds is 4. The van der Waals surface area contributed by atoms with Crippen LogP contribution in [0.25, 0.3) is 5.57 Å². The maximum Gasteiger partial charge on any atom is 0.269 e. The Bertz CT molecular complexity index is 911. The summed E-state index contributed by atoms with van der Waals surface area (Å²) in [6.45, 7) is 8.52. The number of hydrogen-bond donors (Lipinski definition) is 0. The summed E-state index contributed by atoms with van der Waals surface area (Å²) < 4.78 is 0. The molecule has 5 nitrogen and oxygen atoms in total. The first-order chi connectivity index (χ1) is 12.2. The minimum absolute atomic E-state index is 0.0145. The minimum Gasteiger partial charge on any atom is -0.355 e. The predicted molar refractivity (Wildman–Crippen MR) is 104 cm³/mol. The number of benzene rings is 2.